The van der Waals surface area contributed by atoms with Crippen LogP contribution in [-0.2, 0) is 21.9 Å². The van der Waals surface area contributed by atoms with Crippen molar-refractivity contribution in [2.45, 2.75) is 51.6 Å². The maximum absolute atomic E-state index is 13.1. The molecule has 0 radical (unpaired) electrons. The number of methoxy groups -OCH3 is 1. The maximum atomic E-state index is 13.1. The van der Waals surface area contributed by atoms with Gasteiger partial charge in [-0.1, -0.05) is 47.1 Å². The summed E-state index contributed by atoms with van der Waals surface area (Å²) in [6.07, 6.45) is 0.841. The topological polar surface area (TPSA) is 58.6 Å². The number of nitrogens with one attached hydrogen (secondary N) is 1. The van der Waals surface area contributed by atoms with Crippen LogP contribution in [0.5, 0.6) is 5.75 Å². The van der Waals surface area contributed by atoms with E-state index in [-0.39, 0.29) is 17.9 Å². The van der Waals surface area contributed by atoms with Gasteiger partial charge in [0, 0.05) is 22.8 Å². The van der Waals surface area contributed by atoms with Crippen molar-refractivity contribution < 1.29 is 14.3 Å². The molecular formula is C24H31BrN2O3S. The number of nitrogens with zero attached hydrogens (tertiary/aromatic N) is 1. The van der Waals surface area contributed by atoms with E-state index >= 15 is 0 Å². The first-order valence-corrected chi connectivity index (χ1v) is 12.3. The summed E-state index contributed by atoms with van der Waals surface area (Å²) in [6, 6.07) is 15.2. The normalized spacial score (nSPS) is 12.7. The zero-order chi connectivity index (χ0) is 22.8. The smallest absolute Gasteiger partial charge is 0.242 e. The molecule has 0 unspecified atom stereocenters. The van der Waals surface area contributed by atoms with Gasteiger partial charge in [0.2, 0.25) is 11.8 Å². The Balaban J connectivity index is 2.07. The van der Waals surface area contributed by atoms with Crippen molar-refractivity contribution in [2.24, 2.45) is 0 Å². The molecule has 0 aromatic heterocycles. The fourth-order valence-electron chi connectivity index (χ4n) is 2.90. The second-order valence-electron chi connectivity index (χ2n) is 7.48. The monoisotopic (exact) mass is 506 g/mol. The van der Waals surface area contributed by atoms with Gasteiger partial charge in [-0.3, -0.25) is 9.59 Å². The van der Waals surface area contributed by atoms with Gasteiger partial charge in [-0.15, -0.1) is 11.8 Å². The second-order valence-corrected chi connectivity index (χ2v) is 9.38. The lowest BCUT2D eigenvalue weighted by Crippen LogP contribution is -2.50. The largest absolute Gasteiger partial charge is 0.497 e. The molecule has 1 N–H and O–H groups in total. The van der Waals surface area contributed by atoms with Crippen molar-refractivity contribution in [2.75, 3.05) is 12.9 Å². The first kappa shape index (κ1) is 25.3. The predicted octanol–water partition coefficient (Wildman–Crippen LogP) is 5.02. The molecule has 31 heavy (non-hydrogen) atoms. The highest BCUT2D eigenvalue weighted by atomic mass is 79.9. The first-order chi connectivity index (χ1) is 14.8. The van der Waals surface area contributed by atoms with E-state index in [9.17, 15) is 9.59 Å². The summed E-state index contributed by atoms with van der Waals surface area (Å²) in [4.78, 5) is 27.5. The highest BCUT2D eigenvalue weighted by Crippen LogP contribution is 2.19. The van der Waals surface area contributed by atoms with Gasteiger partial charge < -0.3 is 15.0 Å². The van der Waals surface area contributed by atoms with Crippen LogP contribution in [-0.4, -0.2) is 41.7 Å². The predicted molar refractivity (Wildman–Crippen MR) is 131 cm³/mol. The van der Waals surface area contributed by atoms with E-state index < -0.39 is 6.04 Å². The van der Waals surface area contributed by atoms with Gasteiger partial charge in [0.25, 0.3) is 0 Å². The molecule has 5 nitrogen and oxygen atoms in total. The first-order valence-electron chi connectivity index (χ1n) is 10.4. The zero-order valence-electron chi connectivity index (χ0n) is 18.6. The fraction of sp³-hybridized carbons (Fsp3) is 0.417. The molecule has 7 heteroatoms. The van der Waals surface area contributed by atoms with Crippen LogP contribution < -0.4 is 10.1 Å². The number of hydrogen-bond donors (Lipinski definition) is 1. The SMILES string of the molecule is CC[C@H](C)NC(=O)[C@@H](C)N(Cc1ccc(OC)cc1)C(=O)CSCc1ccc(Br)cc1. The lowest BCUT2D eigenvalue weighted by molar-refractivity contribution is -0.138. The summed E-state index contributed by atoms with van der Waals surface area (Å²) in [5, 5.41) is 2.99. The molecule has 2 atom stereocenters. The fourth-order valence-corrected chi connectivity index (χ4v) is 4.03. The van der Waals surface area contributed by atoms with Crippen molar-refractivity contribution in [3.05, 3.63) is 64.1 Å². The quantitative estimate of drug-likeness (QED) is 0.464. The number of rotatable bonds is 11. The minimum Gasteiger partial charge on any atom is -0.497 e. The van der Waals surface area contributed by atoms with Crippen molar-refractivity contribution in [3.63, 3.8) is 0 Å². The molecule has 2 amide bonds. The number of halogens is 1. The third-order valence-electron chi connectivity index (χ3n) is 5.09. The van der Waals surface area contributed by atoms with Crippen LogP contribution in [0.3, 0.4) is 0 Å². The summed E-state index contributed by atoms with van der Waals surface area (Å²) in [6.45, 7) is 6.15. The van der Waals surface area contributed by atoms with Gasteiger partial charge in [-0.25, -0.2) is 0 Å². The van der Waals surface area contributed by atoms with Crippen molar-refractivity contribution in [1.29, 1.82) is 0 Å². The molecule has 0 aliphatic carbocycles. The summed E-state index contributed by atoms with van der Waals surface area (Å²) in [7, 11) is 1.62. The summed E-state index contributed by atoms with van der Waals surface area (Å²) in [5.41, 5.74) is 2.11. The summed E-state index contributed by atoms with van der Waals surface area (Å²) >= 11 is 4.99. The van der Waals surface area contributed by atoms with Crippen LogP contribution in [0.1, 0.15) is 38.3 Å². The molecule has 2 rings (SSSR count). The van der Waals surface area contributed by atoms with E-state index in [0.717, 1.165) is 33.5 Å². The van der Waals surface area contributed by atoms with Crippen LogP contribution in [0.15, 0.2) is 53.0 Å². The minimum atomic E-state index is -0.558. The Morgan fingerprint density at radius 1 is 1.06 bits per heavy atom. The lowest BCUT2D eigenvalue weighted by atomic mass is 10.1. The van der Waals surface area contributed by atoms with Crippen LogP contribution in [0.2, 0.25) is 0 Å². The van der Waals surface area contributed by atoms with Gasteiger partial charge in [-0.05, 0) is 55.7 Å². The van der Waals surface area contributed by atoms with Gasteiger partial charge >= 0.3 is 0 Å². The number of benzene rings is 2. The molecule has 0 spiro atoms. The van der Waals surface area contributed by atoms with Crippen LogP contribution in [0.25, 0.3) is 0 Å². The van der Waals surface area contributed by atoms with Crippen molar-refractivity contribution in [3.8, 4) is 5.75 Å². The number of amides is 2. The summed E-state index contributed by atoms with van der Waals surface area (Å²) in [5.74, 6) is 1.63. The number of thioether (sulfide) groups is 1. The van der Waals surface area contributed by atoms with E-state index in [1.165, 1.54) is 0 Å². The minimum absolute atomic E-state index is 0.0512. The van der Waals surface area contributed by atoms with Gasteiger partial charge in [0.15, 0.2) is 0 Å². The molecule has 0 aliphatic heterocycles. The zero-order valence-corrected chi connectivity index (χ0v) is 21.0. The van der Waals surface area contributed by atoms with Crippen LogP contribution >= 0.6 is 27.7 Å². The van der Waals surface area contributed by atoms with Crippen LogP contribution in [0, 0.1) is 0 Å². The Kier molecular flexibility index (Phi) is 10.4. The molecule has 0 saturated carbocycles. The third-order valence-corrected chi connectivity index (χ3v) is 6.61. The molecule has 168 valence electrons. The average molecular weight is 507 g/mol. The highest BCUT2D eigenvalue weighted by Gasteiger charge is 2.26. The lowest BCUT2D eigenvalue weighted by Gasteiger charge is -2.29. The summed E-state index contributed by atoms with van der Waals surface area (Å²) < 4.78 is 6.25. The van der Waals surface area contributed by atoms with E-state index in [1.807, 2.05) is 62.4 Å². The number of ether oxygens (including phenoxy) is 1. The second kappa shape index (κ2) is 12.8. The molecular weight excluding hydrogens is 476 g/mol. The maximum Gasteiger partial charge on any atom is 0.242 e. The van der Waals surface area contributed by atoms with Gasteiger partial charge in [0.1, 0.15) is 11.8 Å². The number of carbonyl (C=O) groups is 2. The van der Waals surface area contributed by atoms with E-state index in [0.29, 0.717) is 12.3 Å². The van der Waals surface area contributed by atoms with E-state index in [2.05, 4.69) is 21.2 Å². The Morgan fingerprint density at radius 2 is 1.68 bits per heavy atom. The number of hydrogen-bond acceptors (Lipinski definition) is 4. The van der Waals surface area contributed by atoms with E-state index in [4.69, 9.17) is 4.74 Å². The Morgan fingerprint density at radius 3 is 2.26 bits per heavy atom. The molecule has 2 aromatic carbocycles. The van der Waals surface area contributed by atoms with Gasteiger partial charge in [-0.2, -0.15) is 0 Å². The van der Waals surface area contributed by atoms with Crippen molar-refractivity contribution in [1.82, 2.24) is 10.2 Å². The molecule has 2 aromatic rings. The molecule has 0 aliphatic rings. The van der Waals surface area contributed by atoms with E-state index in [1.54, 1.807) is 30.7 Å². The third kappa shape index (κ3) is 8.22. The average Bonchev–Trinajstić information content (AvgIpc) is 2.78. The molecule has 0 bridgehead atoms. The van der Waals surface area contributed by atoms with Gasteiger partial charge in [0.05, 0.1) is 12.9 Å². The van der Waals surface area contributed by atoms with Crippen LogP contribution in [0.4, 0.5) is 0 Å². The standard InChI is InChI=1S/C24H31BrN2O3S/c1-5-17(2)26-24(29)18(3)27(14-19-8-12-22(30-4)13-9-19)23(28)16-31-15-20-6-10-21(25)11-7-20/h6-13,17-18H,5,14-16H2,1-4H3,(H,26,29)/t17-,18+/m0/s1. The molecule has 0 heterocycles. The Labute approximate surface area is 198 Å². The number of carbonyl (C=O) groups excluding carboxylic acids is 2. The van der Waals surface area contributed by atoms with Crippen molar-refractivity contribution >= 4 is 39.5 Å². The molecule has 0 fully saturated rings. The highest BCUT2D eigenvalue weighted by molar-refractivity contribution is 9.10. The molecule has 0 saturated heterocycles. The Hall–Kier alpha value is -1.99. The Bertz CT molecular complexity index is 843.